The molecule has 1 fully saturated rings. The van der Waals surface area contributed by atoms with Gasteiger partial charge >= 0.3 is 5.97 Å². The van der Waals surface area contributed by atoms with E-state index in [4.69, 9.17) is 5.11 Å². The predicted molar refractivity (Wildman–Crippen MR) is 65.5 cm³/mol. The molecule has 1 aliphatic rings. The molecule has 0 bridgehead atoms. The van der Waals surface area contributed by atoms with Gasteiger partial charge in [0.2, 0.25) is 5.91 Å². The van der Waals surface area contributed by atoms with Crippen LogP contribution in [0.2, 0.25) is 0 Å². The van der Waals surface area contributed by atoms with Crippen molar-refractivity contribution in [3.63, 3.8) is 0 Å². The van der Waals surface area contributed by atoms with Crippen LogP contribution in [0, 0.1) is 17.3 Å². The summed E-state index contributed by atoms with van der Waals surface area (Å²) in [6, 6.07) is 0. The number of hydrogen-bond acceptors (Lipinski definition) is 2. The molecule has 17 heavy (non-hydrogen) atoms. The van der Waals surface area contributed by atoms with Gasteiger partial charge in [0.1, 0.15) is 0 Å². The van der Waals surface area contributed by atoms with E-state index in [0.29, 0.717) is 25.8 Å². The van der Waals surface area contributed by atoms with Crippen molar-refractivity contribution in [3.8, 4) is 0 Å². The SMILES string of the molecule is CCC(C)(C)CNC(=O)[C@@H]1CC[C@H](C(=O)O)C1. The normalized spacial score (nSPS) is 24.6. The van der Waals surface area contributed by atoms with Crippen LogP contribution in [-0.2, 0) is 9.59 Å². The Labute approximate surface area is 103 Å². The average Bonchev–Trinajstić information content (AvgIpc) is 2.75. The third-order valence-corrected chi connectivity index (χ3v) is 3.85. The molecule has 0 heterocycles. The molecule has 1 amide bonds. The zero-order valence-corrected chi connectivity index (χ0v) is 11.0. The lowest BCUT2D eigenvalue weighted by atomic mass is 9.90. The highest BCUT2D eigenvalue weighted by atomic mass is 16.4. The zero-order chi connectivity index (χ0) is 13.1. The molecule has 0 unspecified atom stereocenters. The Hall–Kier alpha value is -1.06. The van der Waals surface area contributed by atoms with Gasteiger partial charge in [0, 0.05) is 12.5 Å². The number of carboxylic acids is 1. The van der Waals surface area contributed by atoms with Crippen molar-refractivity contribution in [2.45, 2.75) is 46.5 Å². The van der Waals surface area contributed by atoms with Crippen molar-refractivity contribution in [2.24, 2.45) is 17.3 Å². The van der Waals surface area contributed by atoms with E-state index < -0.39 is 5.97 Å². The molecule has 98 valence electrons. The van der Waals surface area contributed by atoms with Crippen molar-refractivity contribution >= 4 is 11.9 Å². The van der Waals surface area contributed by atoms with Crippen LogP contribution < -0.4 is 5.32 Å². The van der Waals surface area contributed by atoms with E-state index in [1.807, 2.05) is 0 Å². The molecule has 0 aromatic carbocycles. The largest absolute Gasteiger partial charge is 0.481 e. The Balaban J connectivity index is 2.37. The molecule has 1 rings (SSSR count). The maximum Gasteiger partial charge on any atom is 0.306 e. The van der Waals surface area contributed by atoms with Gasteiger partial charge in [0.05, 0.1) is 5.92 Å². The summed E-state index contributed by atoms with van der Waals surface area (Å²) in [6.45, 7) is 6.99. The maximum absolute atomic E-state index is 11.9. The fourth-order valence-corrected chi connectivity index (χ4v) is 2.04. The Bertz CT molecular complexity index is 299. The summed E-state index contributed by atoms with van der Waals surface area (Å²) in [5, 5.41) is 11.8. The molecule has 0 saturated heterocycles. The molecule has 2 N–H and O–H groups in total. The molecule has 2 atom stereocenters. The van der Waals surface area contributed by atoms with E-state index in [9.17, 15) is 9.59 Å². The van der Waals surface area contributed by atoms with Gasteiger partial charge in [-0.25, -0.2) is 0 Å². The van der Waals surface area contributed by atoms with Crippen molar-refractivity contribution in [3.05, 3.63) is 0 Å². The second kappa shape index (κ2) is 5.52. The van der Waals surface area contributed by atoms with E-state index in [2.05, 4.69) is 26.1 Å². The Morgan fingerprint density at radius 2 is 1.88 bits per heavy atom. The number of carbonyl (C=O) groups excluding carboxylic acids is 1. The molecule has 1 aliphatic carbocycles. The van der Waals surface area contributed by atoms with Crippen LogP contribution in [0.25, 0.3) is 0 Å². The van der Waals surface area contributed by atoms with Gasteiger partial charge in [0.15, 0.2) is 0 Å². The highest BCUT2D eigenvalue weighted by molar-refractivity contribution is 5.80. The van der Waals surface area contributed by atoms with Gasteiger partial charge in [-0.15, -0.1) is 0 Å². The Kier molecular flexibility index (Phi) is 4.54. The summed E-state index contributed by atoms with van der Waals surface area (Å²) in [7, 11) is 0. The fraction of sp³-hybridized carbons (Fsp3) is 0.846. The summed E-state index contributed by atoms with van der Waals surface area (Å²) in [4.78, 5) is 22.7. The van der Waals surface area contributed by atoms with Crippen LogP contribution >= 0.6 is 0 Å². The second-order valence-electron chi connectivity index (χ2n) is 5.78. The summed E-state index contributed by atoms with van der Waals surface area (Å²) in [5.74, 6) is -1.18. The number of nitrogens with one attached hydrogen (secondary N) is 1. The third-order valence-electron chi connectivity index (χ3n) is 3.85. The molecule has 0 aromatic rings. The lowest BCUT2D eigenvalue weighted by Crippen LogP contribution is -2.37. The van der Waals surface area contributed by atoms with Gasteiger partial charge in [-0.1, -0.05) is 20.8 Å². The van der Waals surface area contributed by atoms with Crippen molar-refractivity contribution in [2.75, 3.05) is 6.54 Å². The smallest absolute Gasteiger partial charge is 0.306 e. The van der Waals surface area contributed by atoms with E-state index in [0.717, 1.165) is 6.42 Å². The highest BCUT2D eigenvalue weighted by Gasteiger charge is 2.34. The van der Waals surface area contributed by atoms with Crippen LogP contribution in [0.15, 0.2) is 0 Å². The van der Waals surface area contributed by atoms with E-state index in [1.165, 1.54) is 0 Å². The lowest BCUT2D eigenvalue weighted by molar-refractivity contribution is -0.141. The number of hydrogen-bond donors (Lipinski definition) is 2. The first-order valence-corrected chi connectivity index (χ1v) is 6.36. The average molecular weight is 241 g/mol. The molecule has 0 radical (unpaired) electrons. The van der Waals surface area contributed by atoms with Crippen molar-refractivity contribution in [1.82, 2.24) is 5.32 Å². The lowest BCUT2D eigenvalue weighted by Gasteiger charge is -2.23. The molecule has 1 saturated carbocycles. The van der Waals surface area contributed by atoms with E-state index in [1.54, 1.807) is 0 Å². The summed E-state index contributed by atoms with van der Waals surface area (Å²) >= 11 is 0. The molecular formula is C13H23NO3. The minimum atomic E-state index is -0.769. The van der Waals surface area contributed by atoms with Gasteiger partial charge in [-0.3, -0.25) is 9.59 Å². The maximum atomic E-state index is 11.9. The van der Waals surface area contributed by atoms with Crippen LogP contribution in [0.5, 0.6) is 0 Å². The number of amides is 1. The number of aliphatic carboxylic acids is 1. The van der Waals surface area contributed by atoms with Crippen LogP contribution in [0.4, 0.5) is 0 Å². The summed E-state index contributed by atoms with van der Waals surface area (Å²) in [6.07, 6.45) is 2.84. The molecule has 0 aliphatic heterocycles. The van der Waals surface area contributed by atoms with E-state index >= 15 is 0 Å². The summed E-state index contributed by atoms with van der Waals surface area (Å²) in [5.41, 5.74) is 0.112. The fourth-order valence-electron chi connectivity index (χ4n) is 2.04. The van der Waals surface area contributed by atoms with Crippen molar-refractivity contribution in [1.29, 1.82) is 0 Å². The van der Waals surface area contributed by atoms with Gasteiger partial charge in [-0.2, -0.15) is 0 Å². The monoisotopic (exact) mass is 241 g/mol. The third kappa shape index (κ3) is 4.02. The highest BCUT2D eigenvalue weighted by Crippen LogP contribution is 2.31. The topological polar surface area (TPSA) is 66.4 Å². The van der Waals surface area contributed by atoms with Crippen LogP contribution in [0.3, 0.4) is 0 Å². The van der Waals surface area contributed by atoms with Gasteiger partial charge in [0.25, 0.3) is 0 Å². The first kappa shape index (κ1) is 14.0. The standard InChI is InChI=1S/C13H23NO3/c1-4-13(2,3)8-14-11(15)9-5-6-10(7-9)12(16)17/h9-10H,4-8H2,1-3H3,(H,14,15)(H,16,17)/t9-,10+/m1/s1. The minimum absolute atomic E-state index is 0.0234. The first-order chi connectivity index (χ1) is 7.85. The number of rotatable bonds is 5. The Morgan fingerprint density at radius 1 is 1.29 bits per heavy atom. The first-order valence-electron chi connectivity index (χ1n) is 6.36. The quantitative estimate of drug-likeness (QED) is 0.774. The molecule has 4 heteroatoms. The molecule has 4 nitrogen and oxygen atoms in total. The number of carbonyl (C=O) groups is 2. The van der Waals surface area contributed by atoms with Crippen molar-refractivity contribution < 1.29 is 14.7 Å². The van der Waals surface area contributed by atoms with Crippen LogP contribution in [0.1, 0.15) is 46.5 Å². The van der Waals surface area contributed by atoms with Crippen LogP contribution in [-0.4, -0.2) is 23.5 Å². The molecule has 0 spiro atoms. The predicted octanol–water partition coefficient (Wildman–Crippen LogP) is 2.04. The van der Waals surface area contributed by atoms with Gasteiger partial charge in [-0.05, 0) is 31.1 Å². The second-order valence-corrected chi connectivity index (χ2v) is 5.78. The minimum Gasteiger partial charge on any atom is -0.481 e. The van der Waals surface area contributed by atoms with E-state index in [-0.39, 0.29) is 23.2 Å². The number of carboxylic acid groups (broad SMARTS) is 1. The molecular weight excluding hydrogens is 218 g/mol. The summed E-state index contributed by atoms with van der Waals surface area (Å²) < 4.78 is 0. The zero-order valence-electron chi connectivity index (χ0n) is 11.0. The Morgan fingerprint density at radius 3 is 2.35 bits per heavy atom. The van der Waals surface area contributed by atoms with Gasteiger partial charge < -0.3 is 10.4 Å². The molecule has 0 aromatic heterocycles.